The Hall–Kier alpha value is -0.420. The Bertz CT molecular complexity index is 304. The van der Waals surface area contributed by atoms with Crippen molar-refractivity contribution >= 4 is 37.8 Å². The monoisotopic (exact) mass is 307 g/mol. The van der Waals surface area contributed by atoms with Crippen LogP contribution in [-0.4, -0.2) is 21.4 Å². The van der Waals surface area contributed by atoms with E-state index in [1.165, 1.54) is 6.20 Å². The van der Waals surface area contributed by atoms with Crippen LogP contribution in [0, 0.1) is 0 Å². The van der Waals surface area contributed by atoms with Gasteiger partial charge in [0.1, 0.15) is 0 Å². The largest absolute Gasteiger partial charge is 0.480 e. The van der Waals surface area contributed by atoms with Gasteiger partial charge in [-0.2, -0.15) is 0 Å². The topological polar surface area (TPSA) is 50.2 Å². The van der Waals surface area contributed by atoms with Crippen LogP contribution in [0.15, 0.2) is 24.5 Å². The average molecular weight is 309 g/mol. The second kappa shape index (κ2) is 4.19. The van der Waals surface area contributed by atoms with Crippen LogP contribution in [0.4, 0.5) is 0 Å². The summed E-state index contributed by atoms with van der Waals surface area (Å²) in [7, 11) is 0. The number of hydrogen-bond acceptors (Lipinski definition) is 2. The van der Waals surface area contributed by atoms with Crippen LogP contribution in [0.5, 0.6) is 0 Å². The maximum Gasteiger partial charge on any atom is 0.325 e. The third-order valence-electron chi connectivity index (χ3n) is 1.64. The zero-order valence-corrected chi connectivity index (χ0v) is 9.75. The third kappa shape index (κ3) is 2.08. The molecule has 3 nitrogen and oxygen atoms in total. The van der Waals surface area contributed by atoms with Crippen LogP contribution < -0.4 is 0 Å². The van der Waals surface area contributed by atoms with E-state index in [4.69, 9.17) is 5.11 Å². The lowest BCUT2D eigenvalue weighted by Gasteiger charge is -2.19. The van der Waals surface area contributed by atoms with Crippen LogP contribution in [0.1, 0.15) is 5.56 Å². The molecule has 0 aliphatic heterocycles. The quantitative estimate of drug-likeness (QED) is 0.871. The molecule has 0 bridgehead atoms. The van der Waals surface area contributed by atoms with Crippen LogP contribution in [-0.2, 0) is 9.12 Å². The summed E-state index contributed by atoms with van der Waals surface area (Å²) in [6, 6.07) is 3.42. The van der Waals surface area contributed by atoms with E-state index >= 15 is 0 Å². The summed E-state index contributed by atoms with van der Waals surface area (Å²) in [6.45, 7) is 0. The van der Waals surface area contributed by atoms with Crippen molar-refractivity contribution in [1.82, 2.24) is 4.98 Å². The number of alkyl halides is 2. The first kappa shape index (κ1) is 10.7. The molecular weight excluding hydrogens is 302 g/mol. The van der Waals surface area contributed by atoms with E-state index in [9.17, 15) is 4.79 Å². The molecule has 13 heavy (non-hydrogen) atoms. The van der Waals surface area contributed by atoms with Crippen molar-refractivity contribution in [3.05, 3.63) is 30.1 Å². The lowest BCUT2D eigenvalue weighted by atomic mass is 10.0. The van der Waals surface area contributed by atoms with Crippen molar-refractivity contribution in [2.45, 2.75) is 4.32 Å². The summed E-state index contributed by atoms with van der Waals surface area (Å²) >= 11 is 6.32. The van der Waals surface area contributed by atoms with Crippen molar-refractivity contribution in [2.24, 2.45) is 0 Å². The second-order valence-electron chi connectivity index (χ2n) is 2.48. The minimum atomic E-state index is -1.08. The van der Waals surface area contributed by atoms with Gasteiger partial charge in [0, 0.05) is 17.7 Å². The number of aromatic nitrogens is 1. The highest BCUT2D eigenvalue weighted by Crippen LogP contribution is 2.32. The van der Waals surface area contributed by atoms with Gasteiger partial charge >= 0.3 is 5.97 Å². The number of aliphatic carboxylic acids is 1. The number of hydrogen-bond donors (Lipinski definition) is 1. The van der Waals surface area contributed by atoms with E-state index in [-0.39, 0.29) is 0 Å². The fourth-order valence-electron chi connectivity index (χ4n) is 0.855. The Kier molecular flexibility index (Phi) is 3.44. The summed E-state index contributed by atoms with van der Waals surface area (Å²) in [6.07, 6.45) is 3.14. The van der Waals surface area contributed by atoms with Gasteiger partial charge in [-0.05, 0) is 11.6 Å². The molecule has 0 radical (unpaired) electrons. The number of carbonyl (C=O) groups is 1. The zero-order chi connectivity index (χ0) is 9.90. The fraction of sp³-hybridized carbons (Fsp3) is 0.250. The number of carboxylic acids is 1. The first-order valence-corrected chi connectivity index (χ1v) is 5.41. The number of rotatable bonds is 3. The zero-order valence-electron chi connectivity index (χ0n) is 6.58. The minimum Gasteiger partial charge on any atom is -0.480 e. The normalized spacial score (nSPS) is 14.9. The van der Waals surface area contributed by atoms with Crippen molar-refractivity contribution in [2.75, 3.05) is 5.33 Å². The fourth-order valence-corrected chi connectivity index (χ4v) is 1.65. The van der Waals surface area contributed by atoms with Gasteiger partial charge in [0.05, 0.1) is 0 Å². The van der Waals surface area contributed by atoms with Crippen LogP contribution in [0.25, 0.3) is 0 Å². The molecule has 0 saturated heterocycles. The van der Waals surface area contributed by atoms with Gasteiger partial charge < -0.3 is 5.11 Å². The third-order valence-corrected chi connectivity index (χ3v) is 4.31. The summed E-state index contributed by atoms with van der Waals surface area (Å²) in [5.41, 5.74) is 0.624. The Morgan fingerprint density at radius 2 is 2.38 bits per heavy atom. The molecule has 1 unspecified atom stereocenters. The average Bonchev–Trinajstić information content (AvgIpc) is 2.17. The molecule has 0 aliphatic rings. The van der Waals surface area contributed by atoms with Crippen LogP contribution >= 0.6 is 31.9 Å². The molecule has 5 heteroatoms. The molecule has 0 saturated carbocycles. The van der Waals surface area contributed by atoms with Gasteiger partial charge in [-0.3, -0.25) is 9.78 Å². The summed E-state index contributed by atoms with van der Waals surface area (Å²) in [5.74, 6) is -0.933. The molecule has 1 atom stereocenters. The molecular formula is C8H7Br2NO2. The highest BCUT2D eigenvalue weighted by Gasteiger charge is 2.36. The Labute approximate surface area is 92.4 Å². The smallest absolute Gasteiger partial charge is 0.325 e. The van der Waals surface area contributed by atoms with Crippen LogP contribution in [0.3, 0.4) is 0 Å². The maximum absolute atomic E-state index is 10.9. The van der Waals surface area contributed by atoms with E-state index in [0.717, 1.165) is 0 Å². The molecule has 70 valence electrons. The minimum absolute atomic E-state index is 0.293. The van der Waals surface area contributed by atoms with E-state index in [1.807, 2.05) is 0 Å². The molecule has 1 rings (SSSR count). The molecule has 1 heterocycles. The maximum atomic E-state index is 10.9. The van der Waals surface area contributed by atoms with Crippen molar-refractivity contribution in [3.8, 4) is 0 Å². The molecule has 1 aromatic rings. The van der Waals surface area contributed by atoms with Gasteiger partial charge in [-0.15, -0.1) is 0 Å². The Morgan fingerprint density at radius 1 is 1.69 bits per heavy atom. The molecule has 1 N–H and O–H groups in total. The van der Waals surface area contributed by atoms with Gasteiger partial charge in [0.25, 0.3) is 0 Å². The summed E-state index contributed by atoms with van der Waals surface area (Å²) in [4.78, 5) is 14.8. The Morgan fingerprint density at radius 3 is 2.77 bits per heavy atom. The molecule has 0 fully saturated rings. The predicted molar refractivity (Wildman–Crippen MR) is 56.3 cm³/mol. The van der Waals surface area contributed by atoms with E-state index < -0.39 is 10.3 Å². The first-order valence-electron chi connectivity index (χ1n) is 3.50. The molecule has 0 amide bonds. The Balaban J connectivity index is 3.11. The lowest BCUT2D eigenvalue weighted by molar-refractivity contribution is -0.139. The van der Waals surface area contributed by atoms with Crippen LogP contribution in [0.2, 0.25) is 0 Å². The second-order valence-corrected chi connectivity index (χ2v) is 4.40. The highest BCUT2D eigenvalue weighted by molar-refractivity contribution is 9.12. The molecule has 1 aromatic heterocycles. The standard InChI is InChI=1S/C8H7Br2NO2/c9-5-8(10,7(12)13)6-2-1-3-11-4-6/h1-4H,5H2,(H,12,13). The highest BCUT2D eigenvalue weighted by atomic mass is 79.9. The van der Waals surface area contributed by atoms with E-state index in [0.29, 0.717) is 10.9 Å². The lowest BCUT2D eigenvalue weighted by Crippen LogP contribution is -2.30. The number of pyridine rings is 1. The van der Waals surface area contributed by atoms with E-state index in [1.54, 1.807) is 18.3 Å². The van der Waals surface area contributed by atoms with Gasteiger partial charge in [-0.25, -0.2) is 0 Å². The first-order chi connectivity index (χ1) is 6.11. The van der Waals surface area contributed by atoms with Crippen molar-refractivity contribution in [3.63, 3.8) is 0 Å². The van der Waals surface area contributed by atoms with E-state index in [2.05, 4.69) is 36.8 Å². The molecule has 0 aromatic carbocycles. The number of nitrogens with zero attached hydrogens (tertiary/aromatic N) is 1. The van der Waals surface area contributed by atoms with Gasteiger partial charge in [0.2, 0.25) is 0 Å². The molecule has 0 spiro atoms. The molecule has 0 aliphatic carbocycles. The predicted octanol–water partition coefficient (Wildman–Crippen LogP) is 2.15. The number of carboxylic acid groups (broad SMARTS) is 1. The number of halogens is 2. The van der Waals surface area contributed by atoms with Crippen molar-refractivity contribution < 1.29 is 9.90 Å². The van der Waals surface area contributed by atoms with Gasteiger partial charge in [-0.1, -0.05) is 37.9 Å². The van der Waals surface area contributed by atoms with Crippen molar-refractivity contribution in [1.29, 1.82) is 0 Å². The summed E-state index contributed by atoms with van der Waals surface area (Å²) < 4.78 is -1.08. The van der Waals surface area contributed by atoms with Gasteiger partial charge in [0.15, 0.2) is 4.32 Å². The summed E-state index contributed by atoms with van der Waals surface area (Å²) in [5, 5.41) is 9.27. The SMILES string of the molecule is O=C(O)C(Br)(CBr)c1cccnc1.